The highest BCUT2D eigenvalue weighted by Gasteiger charge is 2.32. The highest BCUT2D eigenvalue weighted by Crippen LogP contribution is 2.45. The van der Waals surface area contributed by atoms with E-state index < -0.39 is 0 Å². The molecule has 5 heteroatoms. The molecule has 0 spiro atoms. The number of aromatic nitrogens is 1. The molecule has 0 saturated carbocycles. The summed E-state index contributed by atoms with van der Waals surface area (Å²) in [5.41, 5.74) is 8.05. The fourth-order valence-corrected chi connectivity index (χ4v) is 3.17. The summed E-state index contributed by atoms with van der Waals surface area (Å²) in [6, 6.07) is 14.7. The zero-order valence-electron chi connectivity index (χ0n) is 12.6. The number of phenolic OH excluding ortho intramolecular Hbond substituents is 1. The third kappa shape index (κ3) is 2.05. The second-order valence-electron chi connectivity index (χ2n) is 5.59. The van der Waals surface area contributed by atoms with E-state index in [1.807, 2.05) is 30.3 Å². The average molecular weight is 315 g/mol. The van der Waals surface area contributed by atoms with Crippen LogP contribution in [0.2, 0.25) is 0 Å². The van der Waals surface area contributed by atoms with Crippen LogP contribution in [0.3, 0.4) is 0 Å². The van der Waals surface area contributed by atoms with Crippen LogP contribution in [0.15, 0.2) is 66.3 Å². The molecule has 0 amide bonds. The van der Waals surface area contributed by atoms with Crippen molar-refractivity contribution in [3.63, 3.8) is 0 Å². The Kier molecular flexibility index (Phi) is 3.10. The monoisotopic (exact) mass is 315 g/mol. The van der Waals surface area contributed by atoms with E-state index in [0.717, 1.165) is 21.9 Å². The van der Waals surface area contributed by atoms with Crippen LogP contribution < -0.4 is 10.5 Å². The fraction of sp³-hybridized carbons (Fsp3) is 0.0526. The summed E-state index contributed by atoms with van der Waals surface area (Å²) in [7, 11) is 0. The van der Waals surface area contributed by atoms with Crippen LogP contribution in [0.25, 0.3) is 10.8 Å². The van der Waals surface area contributed by atoms with Crippen molar-refractivity contribution in [3.05, 3.63) is 77.4 Å². The highest BCUT2D eigenvalue weighted by molar-refractivity contribution is 5.91. The van der Waals surface area contributed by atoms with Crippen molar-refractivity contribution in [2.45, 2.75) is 5.92 Å². The molecule has 1 unspecified atom stereocenters. The maximum absolute atomic E-state index is 9.73. The lowest BCUT2D eigenvalue weighted by atomic mass is 9.82. The van der Waals surface area contributed by atoms with Gasteiger partial charge in [-0.2, -0.15) is 5.26 Å². The molecule has 5 nitrogen and oxygen atoms in total. The molecule has 2 heterocycles. The fourth-order valence-electron chi connectivity index (χ4n) is 3.17. The largest absolute Gasteiger partial charge is 0.508 e. The Labute approximate surface area is 138 Å². The normalized spacial score (nSPS) is 16.4. The number of aromatic hydroxyl groups is 1. The minimum atomic E-state index is -0.360. The van der Waals surface area contributed by atoms with Gasteiger partial charge in [0.05, 0.1) is 5.92 Å². The first-order valence-electron chi connectivity index (χ1n) is 7.42. The lowest BCUT2D eigenvalue weighted by Gasteiger charge is -2.27. The number of ether oxygens (including phenoxy) is 1. The Morgan fingerprint density at radius 2 is 2.08 bits per heavy atom. The molecule has 4 rings (SSSR count). The van der Waals surface area contributed by atoms with Gasteiger partial charge in [-0.3, -0.25) is 4.98 Å². The molecule has 116 valence electrons. The number of hydrogen-bond donors (Lipinski definition) is 2. The Morgan fingerprint density at radius 1 is 1.21 bits per heavy atom. The minimum absolute atomic E-state index is 0.108. The SMILES string of the molecule is N#CC1=C(N)Oc2ccc3cc(O)ccc3c2C1c1cccnc1. The van der Waals surface area contributed by atoms with Gasteiger partial charge in [-0.25, -0.2) is 0 Å². The molecule has 3 N–H and O–H groups in total. The van der Waals surface area contributed by atoms with E-state index in [1.54, 1.807) is 24.5 Å². The number of allylic oxidation sites excluding steroid dienone is 1. The molecule has 1 aliphatic heterocycles. The van der Waals surface area contributed by atoms with Crippen molar-refractivity contribution in [1.29, 1.82) is 5.26 Å². The van der Waals surface area contributed by atoms with Crippen molar-refractivity contribution in [1.82, 2.24) is 4.98 Å². The third-order valence-corrected chi connectivity index (χ3v) is 4.21. The lowest BCUT2D eigenvalue weighted by molar-refractivity contribution is 0.395. The molecule has 2 aromatic carbocycles. The van der Waals surface area contributed by atoms with Crippen LogP contribution in [0, 0.1) is 11.3 Å². The summed E-state index contributed by atoms with van der Waals surface area (Å²) < 4.78 is 5.68. The van der Waals surface area contributed by atoms with Crippen molar-refractivity contribution in [3.8, 4) is 17.6 Å². The number of fused-ring (bicyclic) bond motifs is 3. The van der Waals surface area contributed by atoms with E-state index in [0.29, 0.717) is 11.3 Å². The van der Waals surface area contributed by atoms with Crippen LogP contribution in [0.1, 0.15) is 17.0 Å². The molecule has 24 heavy (non-hydrogen) atoms. The van der Waals surface area contributed by atoms with Crippen molar-refractivity contribution in [2.75, 3.05) is 0 Å². The number of benzene rings is 2. The molecule has 1 aliphatic rings. The van der Waals surface area contributed by atoms with Crippen molar-refractivity contribution < 1.29 is 9.84 Å². The van der Waals surface area contributed by atoms with Crippen LogP contribution >= 0.6 is 0 Å². The van der Waals surface area contributed by atoms with E-state index in [2.05, 4.69) is 11.1 Å². The van der Waals surface area contributed by atoms with E-state index in [4.69, 9.17) is 10.5 Å². The Morgan fingerprint density at radius 3 is 2.83 bits per heavy atom. The molecule has 0 saturated heterocycles. The van der Waals surface area contributed by atoms with Crippen LogP contribution in [-0.4, -0.2) is 10.1 Å². The zero-order valence-corrected chi connectivity index (χ0v) is 12.6. The van der Waals surface area contributed by atoms with Gasteiger partial charge in [-0.05, 0) is 40.6 Å². The Hall–Kier alpha value is -3.52. The molecule has 3 aromatic rings. The van der Waals surface area contributed by atoms with Crippen LogP contribution in [-0.2, 0) is 0 Å². The summed E-state index contributed by atoms with van der Waals surface area (Å²) >= 11 is 0. The smallest absolute Gasteiger partial charge is 0.205 e. The number of nitrogens with zero attached hydrogens (tertiary/aromatic N) is 2. The molecule has 0 radical (unpaired) electrons. The average Bonchev–Trinajstić information content (AvgIpc) is 2.61. The molecule has 0 bridgehead atoms. The van der Waals surface area contributed by atoms with Gasteiger partial charge in [0.1, 0.15) is 23.1 Å². The van der Waals surface area contributed by atoms with Crippen molar-refractivity contribution >= 4 is 10.8 Å². The quantitative estimate of drug-likeness (QED) is 0.719. The summed E-state index contributed by atoms with van der Waals surface area (Å²) in [4.78, 5) is 4.17. The first kappa shape index (κ1) is 14.1. The van der Waals surface area contributed by atoms with Gasteiger partial charge < -0.3 is 15.6 Å². The number of pyridine rings is 1. The van der Waals surface area contributed by atoms with E-state index >= 15 is 0 Å². The number of phenols is 1. The van der Waals surface area contributed by atoms with Gasteiger partial charge in [0.15, 0.2) is 0 Å². The van der Waals surface area contributed by atoms with Gasteiger partial charge in [0.2, 0.25) is 5.88 Å². The van der Waals surface area contributed by atoms with Crippen molar-refractivity contribution in [2.24, 2.45) is 5.73 Å². The Bertz CT molecular complexity index is 1020. The standard InChI is InChI=1S/C19H13N3O2/c20-9-15-17(12-2-1-7-22-10-12)18-14-5-4-13(23)8-11(14)3-6-16(18)24-19(15)21/h1-8,10,17,23H,21H2. The third-order valence-electron chi connectivity index (χ3n) is 4.21. The highest BCUT2D eigenvalue weighted by atomic mass is 16.5. The second-order valence-corrected chi connectivity index (χ2v) is 5.59. The first-order chi connectivity index (χ1) is 11.7. The predicted molar refractivity (Wildman–Crippen MR) is 89.1 cm³/mol. The number of nitrogens with two attached hydrogens (primary N) is 1. The predicted octanol–water partition coefficient (Wildman–Crippen LogP) is 3.16. The summed E-state index contributed by atoms with van der Waals surface area (Å²) in [6.45, 7) is 0. The van der Waals surface area contributed by atoms with Gasteiger partial charge >= 0.3 is 0 Å². The number of hydrogen-bond acceptors (Lipinski definition) is 5. The van der Waals surface area contributed by atoms with E-state index in [-0.39, 0.29) is 17.6 Å². The maximum Gasteiger partial charge on any atom is 0.205 e. The van der Waals surface area contributed by atoms with Crippen LogP contribution in [0.5, 0.6) is 11.5 Å². The zero-order chi connectivity index (χ0) is 16.7. The van der Waals surface area contributed by atoms with Crippen LogP contribution in [0.4, 0.5) is 0 Å². The number of rotatable bonds is 1. The molecule has 0 fully saturated rings. The topological polar surface area (TPSA) is 92.2 Å². The maximum atomic E-state index is 9.73. The molecular weight excluding hydrogens is 302 g/mol. The minimum Gasteiger partial charge on any atom is -0.508 e. The molecule has 1 aromatic heterocycles. The first-order valence-corrected chi connectivity index (χ1v) is 7.42. The lowest BCUT2D eigenvalue weighted by Crippen LogP contribution is -2.21. The number of nitriles is 1. The van der Waals surface area contributed by atoms with Gasteiger partial charge in [-0.1, -0.05) is 18.2 Å². The molecule has 1 atom stereocenters. The van der Waals surface area contributed by atoms with E-state index in [9.17, 15) is 10.4 Å². The molecular formula is C19H13N3O2. The summed E-state index contributed by atoms with van der Waals surface area (Å²) in [5, 5.41) is 21.1. The molecule has 0 aliphatic carbocycles. The summed E-state index contributed by atoms with van der Waals surface area (Å²) in [6.07, 6.45) is 3.41. The second kappa shape index (κ2) is 5.28. The van der Waals surface area contributed by atoms with E-state index in [1.165, 1.54) is 0 Å². The van der Waals surface area contributed by atoms with Gasteiger partial charge in [0.25, 0.3) is 0 Å². The van der Waals surface area contributed by atoms with Gasteiger partial charge in [-0.15, -0.1) is 0 Å². The van der Waals surface area contributed by atoms with Gasteiger partial charge in [0, 0.05) is 18.0 Å². The Balaban J connectivity index is 2.07. The summed E-state index contributed by atoms with van der Waals surface area (Å²) in [5.74, 6) is 0.545.